The average molecular weight is 210 g/mol. The summed E-state index contributed by atoms with van der Waals surface area (Å²) >= 11 is 0. The Morgan fingerprint density at radius 3 is 2.56 bits per heavy atom. The van der Waals surface area contributed by atoms with E-state index >= 15 is 0 Å². The summed E-state index contributed by atoms with van der Waals surface area (Å²) in [6, 6.07) is 12.0. The number of benzene rings is 1. The fourth-order valence-corrected chi connectivity index (χ4v) is 2.06. The standard InChI is InChI=1S/C13H12N3/c14-16(12-5-8-15-9-6-12)10-7-11-3-1-2-4-13(11)16/h1-10H,14H2/q+1. The van der Waals surface area contributed by atoms with Crippen LogP contribution >= 0.6 is 0 Å². The van der Waals surface area contributed by atoms with Crippen molar-refractivity contribution in [3.05, 3.63) is 60.6 Å². The summed E-state index contributed by atoms with van der Waals surface area (Å²) in [4.78, 5) is 4.01. The molecule has 1 unspecified atom stereocenters. The van der Waals surface area contributed by atoms with E-state index in [1.165, 1.54) is 5.56 Å². The van der Waals surface area contributed by atoms with Crippen molar-refractivity contribution in [2.45, 2.75) is 0 Å². The molecule has 0 bridgehead atoms. The van der Waals surface area contributed by atoms with Crippen LogP contribution in [0.4, 0.5) is 11.4 Å². The van der Waals surface area contributed by atoms with Gasteiger partial charge in [0.2, 0.25) is 0 Å². The zero-order chi connectivity index (χ0) is 11.0. The van der Waals surface area contributed by atoms with Gasteiger partial charge in [-0.15, -0.1) is 0 Å². The molecule has 0 saturated heterocycles. The van der Waals surface area contributed by atoms with Gasteiger partial charge in [-0.05, 0) is 6.07 Å². The third-order valence-electron chi connectivity index (χ3n) is 2.91. The lowest BCUT2D eigenvalue weighted by atomic mass is 10.2. The zero-order valence-corrected chi connectivity index (χ0v) is 8.75. The average Bonchev–Trinajstić information content (AvgIpc) is 2.71. The van der Waals surface area contributed by atoms with Crippen molar-refractivity contribution in [3.63, 3.8) is 0 Å². The van der Waals surface area contributed by atoms with Crippen molar-refractivity contribution < 1.29 is 0 Å². The van der Waals surface area contributed by atoms with Crippen LogP contribution in [0, 0.1) is 0 Å². The van der Waals surface area contributed by atoms with Gasteiger partial charge in [0.15, 0.2) is 11.4 Å². The van der Waals surface area contributed by atoms with Gasteiger partial charge in [0.1, 0.15) is 6.20 Å². The SMILES string of the molecule is N[N+]1(c2ccncc2)C=Cc2ccccc21. The molecule has 1 aromatic heterocycles. The number of nitrogens with two attached hydrogens (primary N) is 1. The Labute approximate surface area is 94.0 Å². The van der Waals surface area contributed by atoms with Gasteiger partial charge in [-0.2, -0.15) is 10.4 Å². The summed E-state index contributed by atoms with van der Waals surface area (Å²) in [6.45, 7) is 0. The second kappa shape index (κ2) is 3.27. The molecular weight excluding hydrogens is 198 g/mol. The molecule has 3 heteroatoms. The smallest absolute Gasteiger partial charge is 0.169 e. The molecule has 2 aromatic rings. The number of hydrogen-bond donors (Lipinski definition) is 1. The molecule has 0 aliphatic carbocycles. The van der Waals surface area contributed by atoms with Crippen LogP contribution in [-0.4, -0.2) is 4.98 Å². The molecule has 1 aliphatic rings. The quantitative estimate of drug-likeness (QED) is 0.580. The summed E-state index contributed by atoms with van der Waals surface area (Å²) in [5.74, 6) is 6.41. The van der Waals surface area contributed by atoms with Gasteiger partial charge in [-0.1, -0.05) is 12.1 Å². The molecule has 2 heterocycles. The van der Waals surface area contributed by atoms with E-state index in [1.54, 1.807) is 12.4 Å². The Morgan fingerprint density at radius 1 is 1.00 bits per heavy atom. The van der Waals surface area contributed by atoms with Crippen LogP contribution < -0.4 is 10.4 Å². The Kier molecular flexibility index (Phi) is 1.89. The van der Waals surface area contributed by atoms with E-state index in [1.807, 2.05) is 30.5 Å². The molecule has 0 fully saturated rings. The molecule has 0 spiro atoms. The van der Waals surface area contributed by atoms with Crippen LogP contribution in [0.1, 0.15) is 5.56 Å². The summed E-state index contributed by atoms with van der Waals surface area (Å²) in [5.41, 5.74) is 3.27. The van der Waals surface area contributed by atoms with E-state index in [2.05, 4.69) is 23.2 Å². The molecule has 3 rings (SSSR count). The molecule has 3 nitrogen and oxygen atoms in total. The van der Waals surface area contributed by atoms with E-state index in [9.17, 15) is 0 Å². The fraction of sp³-hybridized carbons (Fsp3) is 0. The number of rotatable bonds is 1. The first-order chi connectivity index (χ1) is 7.81. The highest BCUT2D eigenvalue weighted by molar-refractivity contribution is 5.77. The van der Waals surface area contributed by atoms with Crippen LogP contribution in [-0.2, 0) is 0 Å². The minimum absolute atomic E-state index is 0.221. The van der Waals surface area contributed by atoms with Crippen molar-refractivity contribution in [3.8, 4) is 0 Å². The van der Waals surface area contributed by atoms with Crippen molar-refractivity contribution in [2.24, 2.45) is 5.84 Å². The number of aromatic nitrogens is 1. The molecule has 2 N–H and O–H groups in total. The first-order valence-electron chi connectivity index (χ1n) is 5.17. The van der Waals surface area contributed by atoms with Gasteiger partial charge in [-0.25, -0.2) is 0 Å². The van der Waals surface area contributed by atoms with E-state index < -0.39 is 0 Å². The molecule has 78 valence electrons. The Bertz CT molecular complexity index is 548. The third-order valence-corrected chi connectivity index (χ3v) is 2.91. The Morgan fingerprint density at radius 2 is 1.75 bits per heavy atom. The van der Waals surface area contributed by atoms with E-state index in [0.29, 0.717) is 0 Å². The first-order valence-corrected chi connectivity index (χ1v) is 5.17. The molecule has 1 aliphatic heterocycles. The van der Waals surface area contributed by atoms with E-state index in [-0.39, 0.29) is 4.59 Å². The number of pyridine rings is 1. The van der Waals surface area contributed by atoms with E-state index in [4.69, 9.17) is 5.84 Å². The topological polar surface area (TPSA) is 38.9 Å². The van der Waals surface area contributed by atoms with Gasteiger partial charge < -0.3 is 0 Å². The number of para-hydroxylation sites is 1. The maximum atomic E-state index is 6.41. The lowest BCUT2D eigenvalue weighted by Gasteiger charge is -2.24. The molecule has 0 saturated carbocycles. The molecule has 16 heavy (non-hydrogen) atoms. The number of nitrogens with zero attached hydrogens (tertiary/aromatic N) is 2. The monoisotopic (exact) mass is 210 g/mol. The van der Waals surface area contributed by atoms with Crippen LogP contribution in [0.15, 0.2) is 55.0 Å². The molecule has 0 amide bonds. The lowest BCUT2D eigenvalue weighted by Crippen LogP contribution is -2.44. The zero-order valence-electron chi connectivity index (χ0n) is 8.75. The molecular formula is C13H12N3+. The van der Waals surface area contributed by atoms with Crippen LogP contribution in [0.3, 0.4) is 0 Å². The fourth-order valence-electron chi connectivity index (χ4n) is 2.06. The van der Waals surface area contributed by atoms with Crippen molar-refractivity contribution >= 4 is 17.5 Å². The predicted molar refractivity (Wildman–Crippen MR) is 65.4 cm³/mol. The van der Waals surface area contributed by atoms with Crippen molar-refractivity contribution in [1.29, 1.82) is 0 Å². The minimum Gasteiger partial charge on any atom is -0.264 e. The number of quaternary nitrogens is 1. The molecule has 0 radical (unpaired) electrons. The number of hydrogen-bond acceptors (Lipinski definition) is 2. The summed E-state index contributed by atoms with van der Waals surface area (Å²) in [7, 11) is 0. The highest BCUT2D eigenvalue weighted by Crippen LogP contribution is 2.38. The van der Waals surface area contributed by atoms with Crippen molar-refractivity contribution in [1.82, 2.24) is 9.58 Å². The number of fused-ring (bicyclic) bond motifs is 1. The third kappa shape index (κ3) is 1.19. The van der Waals surface area contributed by atoms with Gasteiger partial charge in [-0.3, -0.25) is 4.98 Å². The molecule has 1 atom stereocenters. The minimum atomic E-state index is 0.221. The van der Waals surface area contributed by atoms with Gasteiger partial charge in [0, 0.05) is 42.2 Å². The normalized spacial score (nSPS) is 22.1. The van der Waals surface area contributed by atoms with Crippen LogP contribution in [0.5, 0.6) is 0 Å². The summed E-state index contributed by atoms with van der Waals surface area (Å²) in [5, 5.41) is 0. The molecule has 1 aromatic carbocycles. The largest absolute Gasteiger partial charge is 0.264 e. The second-order valence-corrected chi connectivity index (χ2v) is 3.86. The predicted octanol–water partition coefficient (Wildman–Crippen LogP) is 2.58. The van der Waals surface area contributed by atoms with Gasteiger partial charge in [0.05, 0.1) is 0 Å². The van der Waals surface area contributed by atoms with Gasteiger partial charge in [0.25, 0.3) is 0 Å². The Balaban J connectivity index is 2.19. The Hall–Kier alpha value is -1.97. The summed E-state index contributed by atoms with van der Waals surface area (Å²) < 4.78 is 0.221. The van der Waals surface area contributed by atoms with Crippen LogP contribution in [0.25, 0.3) is 6.08 Å². The maximum Gasteiger partial charge on any atom is 0.169 e. The lowest BCUT2D eigenvalue weighted by molar-refractivity contribution is 0.544. The van der Waals surface area contributed by atoms with E-state index in [0.717, 1.165) is 11.4 Å². The first kappa shape index (κ1) is 9.27. The van der Waals surface area contributed by atoms with Gasteiger partial charge >= 0.3 is 0 Å². The highest BCUT2D eigenvalue weighted by Gasteiger charge is 2.33. The van der Waals surface area contributed by atoms with Crippen LogP contribution in [0.2, 0.25) is 0 Å². The maximum absolute atomic E-state index is 6.41. The van der Waals surface area contributed by atoms with Crippen molar-refractivity contribution in [2.75, 3.05) is 0 Å². The summed E-state index contributed by atoms with van der Waals surface area (Å²) in [6.07, 6.45) is 7.56. The highest BCUT2D eigenvalue weighted by atomic mass is 15.6. The second-order valence-electron chi connectivity index (χ2n) is 3.86.